The van der Waals surface area contributed by atoms with Gasteiger partial charge in [-0.3, -0.25) is 9.59 Å². The Morgan fingerprint density at radius 3 is 2.77 bits per heavy atom. The number of thioether (sulfide) groups is 1. The summed E-state index contributed by atoms with van der Waals surface area (Å²) < 4.78 is 13.8. The molecule has 0 aliphatic carbocycles. The Balaban J connectivity index is 1.99. The number of carboxylic acids is 1. The summed E-state index contributed by atoms with van der Waals surface area (Å²) in [6.07, 6.45) is -0.554. The van der Waals surface area contributed by atoms with Gasteiger partial charge < -0.3 is 21.1 Å². The normalized spacial score (nSPS) is 10.5. The fraction of sp³-hybridized carbons (Fsp3) is 0.214. The van der Waals surface area contributed by atoms with Crippen LogP contribution in [0.25, 0.3) is 0 Å². The second-order valence-corrected chi connectivity index (χ2v) is 6.29. The summed E-state index contributed by atoms with van der Waals surface area (Å²) in [7, 11) is 0. The van der Waals surface area contributed by atoms with Gasteiger partial charge in [0.15, 0.2) is 0 Å². The summed E-state index contributed by atoms with van der Waals surface area (Å²) in [5.41, 5.74) is -0.531. The van der Waals surface area contributed by atoms with E-state index in [-0.39, 0.29) is 34.5 Å². The quantitative estimate of drug-likeness (QED) is 0.470. The van der Waals surface area contributed by atoms with Crippen LogP contribution >= 0.6 is 23.4 Å². The van der Waals surface area contributed by atoms with Crippen molar-refractivity contribution >= 4 is 40.9 Å². The highest BCUT2D eigenvalue weighted by Gasteiger charge is 2.13. The second-order valence-electron chi connectivity index (χ2n) is 4.94. The maximum atomic E-state index is 13.1. The summed E-state index contributed by atoms with van der Waals surface area (Å²) in [5, 5.41) is 20.1. The summed E-state index contributed by atoms with van der Waals surface area (Å²) in [6, 6.07) is 3.71. The number of carbonyl (C=O) groups excluding carboxylic acids is 2. The number of nitrogens with one attached hydrogen (secondary N) is 1. The van der Waals surface area contributed by atoms with Crippen LogP contribution in [0, 0.1) is 5.82 Å². The predicted molar refractivity (Wildman–Crippen MR) is 90.5 cm³/mol. The van der Waals surface area contributed by atoms with Crippen LogP contribution in [0.15, 0.2) is 28.2 Å². The molecule has 12 heteroatoms. The molecule has 1 aromatic heterocycles. The molecule has 138 valence electrons. The van der Waals surface area contributed by atoms with Crippen LogP contribution in [-0.2, 0) is 16.0 Å². The van der Waals surface area contributed by atoms with Gasteiger partial charge in [0.2, 0.25) is 11.1 Å². The van der Waals surface area contributed by atoms with Gasteiger partial charge in [-0.2, -0.15) is 4.68 Å². The van der Waals surface area contributed by atoms with Gasteiger partial charge in [0.25, 0.3) is 5.56 Å². The number of nitrogen functional groups attached to an aromatic ring is 1. The Bertz CT molecular complexity index is 907. The van der Waals surface area contributed by atoms with Crippen LogP contribution < -0.4 is 21.8 Å². The van der Waals surface area contributed by atoms with Gasteiger partial charge in [-0.25, -0.2) is 4.39 Å². The molecule has 1 aromatic carbocycles. The average molecular weight is 401 g/mol. The van der Waals surface area contributed by atoms with Crippen LogP contribution in [0.5, 0.6) is 0 Å². The maximum Gasteiger partial charge on any atom is 0.294 e. The monoisotopic (exact) mass is 400 g/mol. The number of nitrogens with two attached hydrogens (primary N) is 1. The molecule has 0 atom stereocenters. The number of carboxylic acid groups (broad SMARTS) is 1. The van der Waals surface area contributed by atoms with Crippen molar-refractivity contribution in [1.82, 2.24) is 14.9 Å². The summed E-state index contributed by atoms with van der Waals surface area (Å²) in [6.45, 7) is 0. The molecule has 0 unspecified atom stereocenters. The highest BCUT2D eigenvalue weighted by atomic mass is 35.5. The van der Waals surface area contributed by atoms with Crippen molar-refractivity contribution in [3.05, 3.63) is 45.1 Å². The molecule has 9 nitrogen and oxygen atoms in total. The summed E-state index contributed by atoms with van der Waals surface area (Å²) in [4.78, 5) is 34.3. The van der Waals surface area contributed by atoms with Gasteiger partial charge in [0.1, 0.15) is 11.5 Å². The summed E-state index contributed by atoms with van der Waals surface area (Å²) in [5.74, 6) is 3.03. The molecule has 0 saturated carbocycles. The minimum absolute atomic E-state index is 0.0283. The number of aliphatic carboxylic acids is 1. The van der Waals surface area contributed by atoms with E-state index in [0.29, 0.717) is 10.4 Å². The first-order chi connectivity index (χ1) is 12.3. The van der Waals surface area contributed by atoms with Crippen LogP contribution in [0.4, 0.5) is 10.1 Å². The third-order valence-electron chi connectivity index (χ3n) is 3.03. The lowest BCUT2D eigenvalue weighted by atomic mass is 10.2. The SMILES string of the molecule is Nn1c(SCC(=O)Nc2ccc(F)c(Cl)c2)nnc(CCC(=O)[O-])c1=O. The molecule has 0 radical (unpaired) electrons. The lowest BCUT2D eigenvalue weighted by Gasteiger charge is -2.08. The van der Waals surface area contributed by atoms with Crippen molar-refractivity contribution in [3.63, 3.8) is 0 Å². The van der Waals surface area contributed by atoms with Crippen LogP contribution in [-0.4, -0.2) is 32.5 Å². The van der Waals surface area contributed by atoms with Crippen molar-refractivity contribution < 1.29 is 19.1 Å². The predicted octanol–water partition coefficient (Wildman–Crippen LogP) is -0.442. The Kier molecular flexibility index (Phi) is 6.52. The van der Waals surface area contributed by atoms with Crippen molar-refractivity contribution in [1.29, 1.82) is 0 Å². The Morgan fingerprint density at radius 2 is 2.12 bits per heavy atom. The minimum atomic E-state index is -1.33. The number of rotatable bonds is 7. The highest BCUT2D eigenvalue weighted by Crippen LogP contribution is 2.20. The molecule has 3 N–H and O–H groups in total. The standard InChI is InChI=1S/C14H13ClFN5O4S/c15-8-5-7(1-2-9(8)16)18-11(22)6-26-14-20-19-10(3-4-12(23)24)13(25)21(14)17/h1-2,5H,3-4,6,17H2,(H,18,22)(H,23,24)/p-1. The topological polar surface area (TPSA) is 143 Å². The number of halogens is 2. The van der Waals surface area contributed by atoms with Gasteiger partial charge in [-0.1, -0.05) is 23.4 Å². The molecular formula is C14H12ClFN5O4S-. The van der Waals surface area contributed by atoms with Gasteiger partial charge >= 0.3 is 0 Å². The van der Waals surface area contributed by atoms with Crippen molar-refractivity contribution in [2.45, 2.75) is 18.0 Å². The zero-order valence-electron chi connectivity index (χ0n) is 13.1. The summed E-state index contributed by atoms with van der Waals surface area (Å²) >= 11 is 6.47. The number of amides is 1. The molecule has 0 fully saturated rings. The Morgan fingerprint density at radius 1 is 1.38 bits per heavy atom. The molecule has 0 spiro atoms. The molecule has 1 amide bonds. The number of hydrogen-bond acceptors (Lipinski definition) is 8. The first kappa shape index (κ1) is 19.7. The number of aromatic nitrogens is 3. The lowest BCUT2D eigenvalue weighted by Crippen LogP contribution is -2.34. The molecule has 0 bridgehead atoms. The van der Waals surface area contributed by atoms with E-state index in [1.54, 1.807) is 0 Å². The third-order valence-corrected chi connectivity index (χ3v) is 4.26. The van der Waals surface area contributed by atoms with Gasteiger partial charge in [0, 0.05) is 18.1 Å². The van der Waals surface area contributed by atoms with Crippen LogP contribution in [0.3, 0.4) is 0 Å². The maximum absolute atomic E-state index is 13.1. The van der Waals surface area contributed by atoms with E-state index < -0.39 is 23.3 Å². The van der Waals surface area contributed by atoms with E-state index in [9.17, 15) is 23.9 Å². The van der Waals surface area contributed by atoms with Crippen molar-refractivity contribution in [3.8, 4) is 0 Å². The van der Waals surface area contributed by atoms with Crippen LogP contribution in [0.2, 0.25) is 5.02 Å². The average Bonchev–Trinajstić information content (AvgIpc) is 2.58. The molecule has 26 heavy (non-hydrogen) atoms. The molecule has 2 aromatic rings. The van der Waals surface area contributed by atoms with E-state index in [4.69, 9.17) is 17.4 Å². The molecule has 0 aliphatic rings. The minimum Gasteiger partial charge on any atom is -0.550 e. The molecule has 0 saturated heterocycles. The fourth-order valence-electron chi connectivity index (χ4n) is 1.80. The number of anilines is 1. The molecular weight excluding hydrogens is 389 g/mol. The second kappa shape index (κ2) is 8.63. The van der Waals surface area contributed by atoms with E-state index in [1.165, 1.54) is 12.1 Å². The number of carbonyl (C=O) groups is 2. The molecule has 0 aliphatic heterocycles. The van der Waals surface area contributed by atoms with E-state index >= 15 is 0 Å². The number of nitrogens with zero attached hydrogens (tertiary/aromatic N) is 3. The molecule has 2 rings (SSSR count). The van der Waals surface area contributed by atoms with E-state index in [1.807, 2.05) is 0 Å². The number of aryl methyl sites for hydroxylation is 1. The van der Waals surface area contributed by atoms with Gasteiger partial charge in [-0.15, -0.1) is 10.2 Å². The first-order valence-electron chi connectivity index (χ1n) is 7.09. The van der Waals surface area contributed by atoms with Gasteiger partial charge in [0.05, 0.1) is 10.8 Å². The van der Waals surface area contributed by atoms with Crippen LogP contribution in [0.1, 0.15) is 12.1 Å². The van der Waals surface area contributed by atoms with Crippen molar-refractivity contribution in [2.24, 2.45) is 0 Å². The third kappa shape index (κ3) is 5.17. The van der Waals surface area contributed by atoms with Gasteiger partial charge in [-0.05, 0) is 24.6 Å². The zero-order valence-corrected chi connectivity index (χ0v) is 14.6. The largest absolute Gasteiger partial charge is 0.550 e. The zero-order chi connectivity index (χ0) is 19.3. The Hall–Kier alpha value is -2.66. The smallest absolute Gasteiger partial charge is 0.294 e. The highest BCUT2D eigenvalue weighted by molar-refractivity contribution is 7.99. The first-order valence-corrected chi connectivity index (χ1v) is 8.45. The molecule has 1 heterocycles. The van der Waals surface area contributed by atoms with E-state index in [2.05, 4.69) is 15.5 Å². The fourth-order valence-corrected chi connectivity index (χ4v) is 2.63. The Labute approximate surface area is 155 Å². The number of benzene rings is 1. The lowest BCUT2D eigenvalue weighted by molar-refractivity contribution is -0.305. The van der Waals surface area contributed by atoms with Crippen molar-refractivity contribution in [2.75, 3.05) is 16.9 Å². The van der Waals surface area contributed by atoms with E-state index in [0.717, 1.165) is 17.8 Å². The number of hydrogen-bond donors (Lipinski definition) is 2.